The third-order valence-corrected chi connectivity index (χ3v) is 8.56. The topological polar surface area (TPSA) is 60.9 Å². The molecule has 0 unspecified atom stereocenters. The van der Waals surface area contributed by atoms with Crippen LogP contribution in [0.1, 0.15) is 63.9 Å². The van der Waals surface area contributed by atoms with E-state index < -0.39 is 10.0 Å². The van der Waals surface area contributed by atoms with Crippen LogP contribution in [0.15, 0.2) is 24.3 Å². The van der Waals surface area contributed by atoms with Gasteiger partial charge in [-0.05, 0) is 43.7 Å². The predicted octanol–water partition coefficient (Wildman–Crippen LogP) is 3.37. The molecule has 1 aromatic carbocycles. The van der Waals surface area contributed by atoms with Gasteiger partial charge in [0.1, 0.15) is 0 Å². The van der Waals surface area contributed by atoms with E-state index in [1.165, 1.54) is 43.9 Å². The third-order valence-electron chi connectivity index (χ3n) is 7.19. The van der Waals surface area contributed by atoms with Gasteiger partial charge in [0.2, 0.25) is 15.9 Å². The molecule has 2 bridgehead atoms. The van der Waals surface area contributed by atoms with Crippen molar-refractivity contribution in [3.05, 3.63) is 29.8 Å². The molecule has 2 atom stereocenters. The number of benzene rings is 1. The highest BCUT2D eigenvalue weighted by Crippen LogP contribution is 2.35. The van der Waals surface area contributed by atoms with Gasteiger partial charge in [-0.2, -0.15) is 4.31 Å². The van der Waals surface area contributed by atoms with Crippen LogP contribution in [-0.4, -0.2) is 61.0 Å². The Morgan fingerprint density at radius 2 is 1.63 bits per heavy atom. The van der Waals surface area contributed by atoms with Crippen LogP contribution in [0.5, 0.6) is 0 Å². The van der Waals surface area contributed by atoms with Crippen LogP contribution in [-0.2, 0) is 21.4 Å². The van der Waals surface area contributed by atoms with E-state index in [0.717, 1.165) is 31.6 Å². The second-order valence-electron chi connectivity index (χ2n) is 9.29. The Labute approximate surface area is 181 Å². The summed E-state index contributed by atoms with van der Waals surface area (Å²) in [6, 6.07) is 8.71. The standard InChI is InChI=1S/C23H35N3O3S/c1-18(27)25-15-14-21-12-13-22(26(21)30(2,28)29)17-24(20-9-4-3-5-10-20)16-19-8-6-7-11-23(19)25/h6-8,11,20-22H,3-5,9-10,12-17H2,1-2H3/t21-,22+/m1/s1. The van der Waals surface area contributed by atoms with Crippen molar-refractivity contribution < 1.29 is 13.2 Å². The van der Waals surface area contributed by atoms with Gasteiger partial charge in [0.25, 0.3) is 0 Å². The van der Waals surface area contributed by atoms with Crippen LogP contribution in [0.25, 0.3) is 0 Å². The van der Waals surface area contributed by atoms with Crippen LogP contribution < -0.4 is 4.90 Å². The number of para-hydroxylation sites is 1. The van der Waals surface area contributed by atoms with E-state index >= 15 is 0 Å². The molecule has 1 saturated heterocycles. The number of carbonyl (C=O) groups excluding carboxylic acids is 1. The zero-order valence-corrected chi connectivity index (χ0v) is 19.1. The lowest BCUT2D eigenvalue weighted by Crippen LogP contribution is -2.48. The van der Waals surface area contributed by atoms with Gasteiger partial charge in [-0.25, -0.2) is 8.42 Å². The van der Waals surface area contributed by atoms with Crippen molar-refractivity contribution in [2.45, 2.75) is 83.0 Å². The van der Waals surface area contributed by atoms with Gasteiger partial charge in [0.05, 0.1) is 6.26 Å². The van der Waals surface area contributed by atoms with Gasteiger partial charge in [-0.3, -0.25) is 9.69 Å². The molecule has 6 nitrogen and oxygen atoms in total. The first kappa shape index (κ1) is 21.8. The Kier molecular flexibility index (Phi) is 6.51. The van der Waals surface area contributed by atoms with Crippen LogP contribution in [0.4, 0.5) is 5.69 Å². The number of amides is 1. The highest BCUT2D eigenvalue weighted by Gasteiger charge is 2.41. The first-order valence-corrected chi connectivity index (χ1v) is 13.3. The monoisotopic (exact) mass is 433 g/mol. The summed E-state index contributed by atoms with van der Waals surface area (Å²) in [5.74, 6) is 0.0198. The molecular formula is C23H35N3O3S. The molecular weight excluding hydrogens is 398 g/mol. The average Bonchev–Trinajstić information content (AvgIpc) is 3.10. The molecule has 0 spiro atoms. The zero-order chi connectivity index (χ0) is 21.3. The summed E-state index contributed by atoms with van der Waals surface area (Å²) in [4.78, 5) is 16.9. The van der Waals surface area contributed by atoms with E-state index in [2.05, 4.69) is 11.0 Å². The van der Waals surface area contributed by atoms with Crippen LogP contribution in [0, 0.1) is 0 Å². The molecule has 30 heavy (non-hydrogen) atoms. The highest BCUT2D eigenvalue weighted by molar-refractivity contribution is 7.88. The molecule has 4 rings (SSSR count). The maximum atomic E-state index is 12.7. The Morgan fingerprint density at radius 3 is 2.33 bits per heavy atom. The predicted molar refractivity (Wildman–Crippen MR) is 120 cm³/mol. The summed E-state index contributed by atoms with van der Waals surface area (Å²) in [7, 11) is -3.30. The smallest absolute Gasteiger partial charge is 0.223 e. The molecule has 2 heterocycles. The Hall–Kier alpha value is -1.44. The quantitative estimate of drug-likeness (QED) is 0.717. The molecule has 1 aliphatic carbocycles. The molecule has 2 fully saturated rings. The second kappa shape index (κ2) is 8.97. The van der Waals surface area contributed by atoms with E-state index in [4.69, 9.17) is 0 Å². The summed E-state index contributed by atoms with van der Waals surface area (Å²) in [5, 5.41) is 0. The van der Waals surface area contributed by atoms with E-state index in [1.54, 1.807) is 11.2 Å². The largest absolute Gasteiger partial charge is 0.312 e. The lowest BCUT2D eigenvalue weighted by Gasteiger charge is -2.38. The van der Waals surface area contributed by atoms with Crippen LogP contribution >= 0.6 is 0 Å². The first-order valence-electron chi connectivity index (χ1n) is 11.4. The number of nitrogens with zero attached hydrogens (tertiary/aromatic N) is 3. The molecule has 1 aromatic rings. The van der Waals surface area contributed by atoms with Gasteiger partial charge < -0.3 is 4.90 Å². The van der Waals surface area contributed by atoms with Crippen molar-refractivity contribution in [2.24, 2.45) is 0 Å². The van der Waals surface area contributed by atoms with E-state index in [9.17, 15) is 13.2 Å². The van der Waals surface area contributed by atoms with Crippen LogP contribution in [0.2, 0.25) is 0 Å². The van der Waals surface area contributed by atoms with Crippen molar-refractivity contribution >= 4 is 21.6 Å². The SMILES string of the molecule is CC(=O)N1CC[C@H]2CC[C@@H](CN(C3CCCCC3)Cc3ccccc31)N2S(C)(=O)=O. The summed E-state index contributed by atoms with van der Waals surface area (Å²) < 4.78 is 27.3. The molecule has 3 aliphatic rings. The van der Waals surface area contributed by atoms with Gasteiger partial charge in [-0.15, -0.1) is 0 Å². The fourth-order valence-electron chi connectivity index (χ4n) is 5.83. The first-order chi connectivity index (χ1) is 14.3. The van der Waals surface area contributed by atoms with E-state index in [1.807, 2.05) is 23.1 Å². The van der Waals surface area contributed by atoms with Gasteiger partial charge in [0.15, 0.2) is 0 Å². The minimum atomic E-state index is -3.30. The fraction of sp³-hybridized carbons (Fsp3) is 0.696. The van der Waals surface area contributed by atoms with Crippen molar-refractivity contribution in [1.29, 1.82) is 0 Å². The van der Waals surface area contributed by atoms with Gasteiger partial charge >= 0.3 is 0 Å². The molecule has 0 aromatic heterocycles. The number of carbonyl (C=O) groups is 1. The lowest BCUT2D eigenvalue weighted by molar-refractivity contribution is -0.116. The Balaban J connectivity index is 1.75. The van der Waals surface area contributed by atoms with Crippen molar-refractivity contribution in [2.75, 3.05) is 24.2 Å². The van der Waals surface area contributed by atoms with Crippen molar-refractivity contribution in [1.82, 2.24) is 9.21 Å². The summed E-state index contributed by atoms with van der Waals surface area (Å²) in [5.41, 5.74) is 2.15. The van der Waals surface area contributed by atoms with Crippen molar-refractivity contribution in [3.8, 4) is 0 Å². The van der Waals surface area contributed by atoms with Gasteiger partial charge in [-0.1, -0.05) is 37.5 Å². The zero-order valence-electron chi connectivity index (χ0n) is 18.3. The minimum Gasteiger partial charge on any atom is -0.312 e. The molecule has 1 amide bonds. The normalized spacial score (nSPS) is 27.5. The van der Waals surface area contributed by atoms with Crippen LogP contribution in [0.3, 0.4) is 0 Å². The number of hydrogen-bond acceptors (Lipinski definition) is 4. The Morgan fingerprint density at radius 1 is 0.933 bits per heavy atom. The highest BCUT2D eigenvalue weighted by atomic mass is 32.2. The molecule has 1 saturated carbocycles. The molecule has 2 aliphatic heterocycles. The summed E-state index contributed by atoms with van der Waals surface area (Å²) >= 11 is 0. The molecule has 7 heteroatoms. The molecule has 166 valence electrons. The molecule has 0 N–H and O–H groups in total. The summed E-state index contributed by atoms with van der Waals surface area (Å²) in [6.45, 7) is 3.71. The number of anilines is 1. The van der Waals surface area contributed by atoms with E-state index in [0.29, 0.717) is 19.0 Å². The Bertz CT molecular complexity index is 866. The maximum Gasteiger partial charge on any atom is 0.223 e. The number of sulfonamides is 1. The average molecular weight is 434 g/mol. The second-order valence-corrected chi connectivity index (χ2v) is 11.2. The van der Waals surface area contributed by atoms with Crippen molar-refractivity contribution in [3.63, 3.8) is 0 Å². The maximum absolute atomic E-state index is 12.7. The summed E-state index contributed by atoms with van der Waals surface area (Å²) in [6.07, 6.45) is 9.94. The number of hydrogen-bond donors (Lipinski definition) is 0. The molecule has 0 radical (unpaired) electrons. The van der Waals surface area contributed by atoms with Gasteiger partial charge in [0, 0.05) is 50.4 Å². The lowest BCUT2D eigenvalue weighted by atomic mass is 9.93. The van der Waals surface area contributed by atoms with E-state index in [-0.39, 0.29) is 18.0 Å². The fourth-order valence-corrected chi connectivity index (χ4v) is 7.30. The number of fused-ring (bicyclic) bond motifs is 3. The third kappa shape index (κ3) is 4.58. The minimum absolute atomic E-state index is 0.0198. The number of rotatable bonds is 2.